The Morgan fingerprint density at radius 3 is 2.83 bits per heavy atom. The van der Waals surface area contributed by atoms with E-state index < -0.39 is 0 Å². The van der Waals surface area contributed by atoms with Crippen molar-refractivity contribution in [3.8, 4) is 0 Å². The van der Waals surface area contributed by atoms with Crippen LogP contribution in [0.1, 0.15) is 5.56 Å². The summed E-state index contributed by atoms with van der Waals surface area (Å²) in [5, 5.41) is 0. The molecule has 12 heavy (non-hydrogen) atoms. The summed E-state index contributed by atoms with van der Waals surface area (Å²) in [7, 11) is 0. The number of nitrogens with two attached hydrogens (primary N) is 1. The molecule has 0 aliphatic carbocycles. The van der Waals surface area contributed by atoms with Crippen LogP contribution < -0.4 is 5.90 Å². The third-order valence-electron chi connectivity index (χ3n) is 1.42. The number of thioether (sulfide) groups is 1. The highest BCUT2D eigenvalue weighted by Crippen LogP contribution is 2.22. The third-order valence-corrected chi connectivity index (χ3v) is 2.58. The molecule has 0 heterocycles. The Hall–Kier alpha value is -0.0300. The highest BCUT2D eigenvalue weighted by molar-refractivity contribution is 9.10. The van der Waals surface area contributed by atoms with Crippen molar-refractivity contribution in [2.24, 2.45) is 5.90 Å². The van der Waals surface area contributed by atoms with Gasteiger partial charge in [-0.3, -0.25) is 4.84 Å². The molecule has 0 aliphatic heterocycles. The summed E-state index contributed by atoms with van der Waals surface area (Å²) in [6, 6.07) is 6.11. The Kier molecular flexibility index (Phi) is 4.08. The van der Waals surface area contributed by atoms with Crippen molar-refractivity contribution in [2.75, 3.05) is 6.26 Å². The molecule has 1 aromatic rings. The minimum Gasteiger partial charge on any atom is -0.300 e. The van der Waals surface area contributed by atoms with Crippen LogP contribution in [-0.4, -0.2) is 6.26 Å². The van der Waals surface area contributed by atoms with Gasteiger partial charge >= 0.3 is 0 Å². The highest BCUT2D eigenvalue weighted by atomic mass is 79.9. The molecule has 1 aromatic carbocycles. The Balaban J connectivity index is 2.90. The second-order valence-electron chi connectivity index (χ2n) is 2.31. The van der Waals surface area contributed by atoms with Gasteiger partial charge in [-0.1, -0.05) is 15.9 Å². The third kappa shape index (κ3) is 2.79. The Morgan fingerprint density at radius 1 is 1.50 bits per heavy atom. The molecule has 0 saturated carbocycles. The van der Waals surface area contributed by atoms with E-state index in [9.17, 15) is 0 Å². The summed E-state index contributed by atoms with van der Waals surface area (Å²) in [4.78, 5) is 5.76. The minimum atomic E-state index is 0.451. The van der Waals surface area contributed by atoms with Crippen LogP contribution in [0.5, 0.6) is 0 Å². The van der Waals surface area contributed by atoms with Crippen LogP contribution in [0, 0.1) is 0 Å². The average Bonchev–Trinajstić information content (AvgIpc) is 2.04. The quantitative estimate of drug-likeness (QED) is 0.659. The molecule has 4 heteroatoms. The van der Waals surface area contributed by atoms with E-state index in [-0.39, 0.29) is 0 Å². The van der Waals surface area contributed by atoms with Gasteiger partial charge in [-0.15, -0.1) is 11.8 Å². The molecule has 2 nitrogen and oxygen atoms in total. The fourth-order valence-electron chi connectivity index (χ4n) is 0.918. The summed E-state index contributed by atoms with van der Waals surface area (Å²) in [5.41, 5.74) is 1.08. The molecule has 0 saturated heterocycles. The van der Waals surface area contributed by atoms with Crippen molar-refractivity contribution in [2.45, 2.75) is 11.5 Å². The van der Waals surface area contributed by atoms with E-state index in [1.54, 1.807) is 11.8 Å². The first-order valence-electron chi connectivity index (χ1n) is 3.41. The van der Waals surface area contributed by atoms with E-state index in [1.165, 1.54) is 4.90 Å². The van der Waals surface area contributed by atoms with Crippen molar-refractivity contribution in [1.29, 1.82) is 0 Å². The summed E-state index contributed by atoms with van der Waals surface area (Å²) in [5.74, 6) is 4.98. The second kappa shape index (κ2) is 4.87. The minimum absolute atomic E-state index is 0.451. The van der Waals surface area contributed by atoms with Crippen molar-refractivity contribution < 1.29 is 4.84 Å². The summed E-state index contributed by atoms with van der Waals surface area (Å²) in [6.07, 6.45) is 2.04. The van der Waals surface area contributed by atoms with Gasteiger partial charge in [-0.05, 0) is 30.0 Å². The van der Waals surface area contributed by atoms with Gasteiger partial charge in [0.1, 0.15) is 0 Å². The zero-order valence-electron chi connectivity index (χ0n) is 6.71. The molecule has 0 atom stereocenters. The Labute approximate surface area is 84.6 Å². The first-order valence-corrected chi connectivity index (χ1v) is 5.43. The molecule has 0 radical (unpaired) electrons. The average molecular weight is 248 g/mol. The summed E-state index contributed by atoms with van der Waals surface area (Å²) < 4.78 is 1.06. The topological polar surface area (TPSA) is 35.2 Å². The lowest BCUT2D eigenvalue weighted by atomic mass is 10.2. The van der Waals surface area contributed by atoms with Crippen LogP contribution in [0.3, 0.4) is 0 Å². The molecule has 0 aliphatic rings. The molecule has 66 valence electrons. The maximum atomic E-state index is 4.98. The van der Waals surface area contributed by atoms with Gasteiger partial charge in [0.2, 0.25) is 0 Å². The highest BCUT2D eigenvalue weighted by Gasteiger charge is 1.97. The van der Waals surface area contributed by atoms with Gasteiger partial charge in [0.25, 0.3) is 0 Å². The normalized spacial score (nSPS) is 10.2. The van der Waals surface area contributed by atoms with Crippen LogP contribution in [0.25, 0.3) is 0 Å². The van der Waals surface area contributed by atoms with E-state index >= 15 is 0 Å². The van der Waals surface area contributed by atoms with Gasteiger partial charge < -0.3 is 0 Å². The second-order valence-corrected chi connectivity index (χ2v) is 4.11. The summed E-state index contributed by atoms with van der Waals surface area (Å²) >= 11 is 5.11. The van der Waals surface area contributed by atoms with E-state index in [0.29, 0.717) is 6.61 Å². The number of rotatable bonds is 3. The predicted molar refractivity (Wildman–Crippen MR) is 54.9 cm³/mol. The van der Waals surface area contributed by atoms with Crippen LogP contribution in [0.4, 0.5) is 0 Å². The fraction of sp³-hybridized carbons (Fsp3) is 0.250. The van der Waals surface area contributed by atoms with E-state index in [2.05, 4.69) is 32.9 Å². The Morgan fingerprint density at radius 2 is 2.25 bits per heavy atom. The van der Waals surface area contributed by atoms with Gasteiger partial charge in [0.05, 0.1) is 6.61 Å². The number of hydrogen-bond acceptors (Lipinski definition) is 3. The lowest BCUT2D eigenvalue weighted by Crippen LogP contribution is -1.98. The number of benzene rings is 1. The van der Waals surface area contributed by atoms with Gasteiger partial charge in [-0.25, -0.2) is 5.90 Å². The lowest BCUT2D eigenvalue weighted by Gasteiger charge is -2.02. The molecule has 0 unspecified atom stereocenters. The van der Waals surface area contributed by atoms with Crippen LogP contribution in [-0.2, 0) is 11.4 Å². The molecule has 0 bridgehead atoms. The molecule has 1 rings (SSSR count). The van der Waals surface area contributed by atoms with Gasteiger partial charge in [-0.2, -0.15) is 0 Å². The molecular weight excluding hydrogens is 238 g/mol. The number of hydrogen-bond donors (Lipinski definition) is 1. The molecule has 0 amide bonds. The standard InChI is InChI=1S/C8H10BrNOS/c1-12-8-3-6(5-11-10)2-7(9)4-8/h2-4H,5,10H2,1H3. The zero-order valence-corrected chi connectivity index (χ0v) is 9.11. The molecule has 0 spiro atoms. The largest absolute Gasteiger partial charge is 0.300 e. The molecule has 2 N–H and O–H groups in total. The van der Waals surface area contributed by atoms with Crippen LogP contribution in [0.2, 0.25) is 0 Å². The summed E-state index contributed by atoms with van der Waals surface area (Å²) in [6.45, 7) is 0.451. The SMILES string of the molecule is CSc1cc(Br)cc(CON)c1. The lowest BCUT2D eigenvalue weighted by molar-refractivity contribution is 0.124. The van der Waals surface area contributed by atoms with Crippen molar-refractivity contribution in [3.05, 3.63) is 28.2 Å². The van der Waals surface area contributed by atoms with Crippen LogP contribution >= 0.6 is 27.7 Å². The van der Waals surface area contributed by atoms with Gasteiger partial charge in [0.15, 0.2) is 0 Å². The monoisotopic (exact) mass is 247 g/mol. The Bertz CT molecular complexity index is 267. The van der Waals surface area contributed by atoms with Crippen molar-refractivity contribution >= 4 is 27.7 Å². The number of halogens is 1. The van der Waals surface area contributed by atoms with Crippen molar-refractivity contribution in [1.82, 2.24) is 0 Å². The zero-order chi connectivity index (χ0) is 8.97. The fourth-order valence-corrected chi connectivity index (χ4v) is 2.12. The predicted octanol–water partition coefficient (Wildman–Crippen LogP) is 2.56. The van der Waals surface area contributed by atoms with Crippen LogP contribution in [0.15, 0.2) is 27.6 Å². The smallest absolute Gasteiger partial charge is 0.0930 e. The maximum Gasteiger partial charge on any atom is 0.0930 e. The first-order chi connectivity index (χ1) is 5.76. The van der Waals surface area contributed by atoms with E-state index in [0.717, 1.165) is 10.0 Å². The molecular formula is C8H10BrNOS. The molecule has 0 fully saturated rings. The molecule has 0 aromatic heterocycles. The van der Waals surface area contributed by atoms with Crippen molar-refractivity contribution in [3.63, 3.8) is 0 Å². The first kappa shape index (κ1) is 10.1. The van der Waals surface area contributed by atoms with Gasteiger partial charge in [0, 0.05) is 9.37 Å². The van der Waals surface area contributed by atoms with E-state index in [4.69, 9.17) is 5.90 Å². The maximum absolute atomic E-state index is 4.98. The van der Waals surface area contributed by atoms with E-state index in [1.807, 2.05) is 12.3 Å².